The maximum atomic E-state index is 11.3. The number of rotatable bonds is 4. The molecule has 74 valence electrons. The third-order valence-corrected chi connectivity index (χ3v) is 2.24. The Hall–Kier alpha value is -0.830. The molecule has 0 spiro atoms. The molecule has 1 unspecified atom stereocenters. The largest absolute Gasteiger partial charge is 0.353 e. The summed E-state index contributed by atoms with van der Waals surface area (Å²) in [4.78, 5) is 11.3. The standard InChI is InChI=1S/C10H18N2O/c11-8-4-7-10(13)12-9-5-2-1-3-6-9/h1-2,9H,3-8,11H2,(H,12,13). The molecule has 0 aromatic heterocycles. The van der Waals surface area contributed by atoms with Crippen molar-refractivity contribution < 1.29 is 4.79 Å². The van der Waals surface area contributed by atoms with Crippen molar-refractivity contribution >= 4 is 5.91 Å². The maximum absolute atomic E-state index is 11.3. The Labute approximate surface area is 79.4 Å². The highest BCUT2D eigenvalue weighted by Gasteiger charge is 2.11. The van der Waals surface area contributed by atoms with Gasteiger partial charge in [0.05, 0.1) is 0 Å². The van der Waals surface area contributed by atoms with Gasteiger partial charge < -0.3 is 11.1 Å². The van der Waals surface area contributed by atoms with E-state index in [0.29, 0.717) is 19.0 Å². The van der Waals surface area contributed by atoms with E-state index in [0.717, 1.165) is 25.7 Å². The van der Waals surface area contributed by atoms with Crippen molar-refractivity contribution in [3.63, 3.8) is 0 Å². The van der Waals surface area contributed by atoms with Crippen LogP contribution in [0.2, 0.25) is 0 Å². The van der Waals surface area contributed by atoms with Gasteiger partial charge in [-0.1, -0.05) is 12.2 Å². The maximum Gasteiger partial charge on any atom is 0.220 e. The van der Waals surface area contributed by atoms with Crippen LogP contribution in [0.5, 0.6) is 0 Å². The van der Waals surface area contributed by atoms with Crippen molar-refractivity contribution in [1.82, 2.24) is 5.32 Å². The topological polar surface area (TPSA) is 55.1 Å². The molecule has 0 bridgehead atoms. The normalized spacial score (nSPS) is 21.5. The van der Waals surface area contributed by atoms with Gasteiger partial charge in [0.2, 0.25) is 5.91 Å². The van der Waals surface area contributed by atoms with Gasteiger partial charge in [-0.3, -0.25) is 4.79 Å². The van der Waals surface area contributed by atoms with Gasteiger partial charge in [-0.2, -0.15) is 0 Å². The van der Waals surface area contributed by atoms with E-state index < -0.39 is 0 Å². The van der Waals surface area contributed by atoms with Gasteiger partial charge in [0.15, 0.2) is 0 Å². The molecule has 3 N–H and O–H groups in total. The zero-order chi connectivity index (χ0) is 9.52. The second kappa shape index (κ2) is 5.75. The molecule has 13 heavy (non-hydrogen) atoms. The van der Waals surface area contributed by atoms with Gasteiger partial charge in [-0.15, -0.1) is 0 Å². The van der Waals surface area contributed by atoms with E-state index in [1.807, 2.05) is 0 Å². The minimum Gasteiger partial charge on any atom is -0.353 e. The Morgan fingerprint density at radius 2 is 2.38 bits per heavy atom. The van der Waals surface area contributed by atoms with Gasteiger partial charge >= 0.3 is 0 Å². The van der Waals surface area contributed by atoms with Gasteiger partial charge in [-0.25, -0.2) is 0 Å². The zero-order valence-electron chi connectivity index (χ0n) is 7.96. The van der Waals surface area contributed by atoms with Crippen LogP contribution in [0, 0.1) is 0 Å². The molecule has 1 rings (SSSR count). The van der Waals surface area contributed by atoms with Crippen molar-refractivity contribution in [2.45, 2.75) is 38.1 Å². The van der Waals surface area contributed by atoms with Gasteiger partial charge in [0.1, 0.15) is 0 Å². The Morgan fingerprint density at radius 1 is 1.54 bits per heavy atom. The van der Waals surface area contributed by atoms with Crippen LogP contribution in [0.1, 0.15) is 32.1 Å². The summed E-state index contributed by atoms with van der Waals surface area (Å²) in [6.07, 6.45) is 8.80. The predicted molar refractivity (Wildman–Crippen MR) is 53.2 cm³/mol. The second-order valence-corrected chi connectivity index (χ2v) is 3.44. The quantitative estimate of drug-likeness (QED) is 0.636. The van der Waals surface area contributed by atoms with Crippen molar-refractivity contribution in [2.24, 2.45) is 5.73 Å². The van der Waals surface area contributed by atoms with Crippen LogP contribution in [-0.4, -0.2) is 18.5 Å². The minimum absolute atomic E-state index is 0.144. The predicted octanol–water partition coefficient (Wildman–Crippen LogP) is 0.950. The Morgan fingerprint density at radius 3 is 3.00 bits per heavy atom. The smallest absolute Gasteiger partial charge is 0.220 e. The molecular formula is C10H18N2O. The fraction of sp³-hybridized carbons (Fsp3) is 0.700. The van der Waals surface area contributed by atoms with E-state index in [2.05, 4.69) is 17.5 Å². The van der Waals surface area contributed by atoms with Gasteiger partial charge in [0.25, 0.3) is 0 Å². The number of nitrogens with one attached hydrogen (secondary N) is 1. The highest BCUT2D eigenvalue weighted by Crippen LogP contribution is 2.10. The van der Waals surface area contributed by atoms with Crippen molar-refractivity contribution in [2.75, 3.05) is 6.54 Å². The highest BCUT2D eigenvalue weighted by atomic mass is 16.1. The molecule has 1 aliphatic rings. The van der Waals surface area contributed by atoms with E-state index in [9.17, 15) is 4.79 Å². The molecule has 0 aromatic carbocycles. The number of carbonyl (C=O) groups excluding carboxylic acids is 1. The Bertz CT molecular complexity index is 189. The monoisotopic (exact) mass is 182 g/mol. The van der Waals surface area contributed by atoms with E-state index >= 15 is 0 Å². The number of carbonyl (C=O) groups is 1. The van der Waals surface area contributed by atoms with E-state index in [4.69, 9.17) is 5.73 Å². The number of nitrogens with two attached hydrogens (primary N) is 1. The highest BCUT2D eigenvalue weighted by molar-refractivity contribution is 5.76. The van der Waals surface area contributed by atoms with Crippen molar-refractivity contribution in [3.05, 3.63) is 12.2 Å². The van der Waals surface area contributed by atoms with Crippen LogP contribution in [0.25, 0.3) is 0 Å². The average Bonchev–Trinajstić information content (AvgIpc) is 2.16. The summed E-state index contributed by atoms with van der Waals surface area (Å²) in [5.41, 5.74) is 5.32. The lowest BCUT2D eigenvalue weighted by Gasteiger charge is -2.19. The third kappa shape index (κ3) is 4.08. The Balaban J connectivity index is 2.15. The number of hydrogen-bond donors (Lipinski definition) is 2. The molecule has 1 amide bonds. The first-order valence-electron chi connectivity index (χ1n) is 4.97. The van der Waals surface area contributed by atoms with Crippen LogP contribution >= 0.6 is 0 Å². The van der Waals surface area contributed by atoms with Gasteiger partial charge in [-0.05, 0) is 32.2 Å². The summed E-state index contributed by atoms with van der Waals surface area (Å²) < 4.78 is 0. The lowest BCUT2D eigenvalue weighted by atomic mass is 10.0. The molecule has 0 saturated heterocycles. The first-order chi connectivity index (χ1) is 6.33. The van der Waals surface area contributed by atoms with E-state index in [1.54, 1.807) is 0 Å². The molecule has 0 aliphatic heterocycles. The fourth-order valence-corrected chi connectivity index (χ4v) is 1.49. The summed E-state index contributed by atoms with van der Waals surface area (Å²) >= 11 is 0. The van der Waals surface area contributed by atoms with E-state index in [-0.39, 0.29) is 5.91 Å². The van der Waals surface area contributed by atoms with E-state index in [1.165, 1.54) is 0 Å². The average molecular weight is 182 g/mol. The summed E-state index contributed by atoms with van der Waals surface area (Å²) in [6, 6.07) is 0.357. The molecule has 0 fully saturated rings. The van der Waals surface area contributed by atoms with Crippen LogP contribution in [-0.2, 0) is 4.79 Å². The molecule has 0 heterocycles. The van der Waals surface area contributed by atoms with Crippen LogP contribution in [0.3, 0.4) is 0 Å². The zero-order valence-corrected chi connectivity index (χ0v) is 7.96. The minimum atomic E-state index is 0.144. The molecular weight excluding hydrogens is 164 g/mol. The third-order valence-electron chi connectivity index (χ3n) is 2.24. The Kier molecular flexibility index (Phi) is 4.54. The summed E-state index contributed by atoms with van der Waals surface area (Å²) in [6.45, 7) is 0.595. The second-order valence-electron chi connectivity index (χ2n) is 3.44. The van der Waals surface area contributed by atoms with Gasteiger partial charge in [0, 0.05) is 12.5 Å². The van der Waals surface area contributed by atoms with Crippen LogP contribution < -0.4 is 11.1 Å². The molecule has 0 saturated carbocycles. The van der Waals surface area contributed by atoms with Crippen LogP contribution in [0.15, 0.2) is 12.2 Å². The summed E-state index contributed by atoms with van der Waals surface area (Å²) in [5.74, 6) is 0.144. The number of amides is 1. The SMILES string of the molecule is NCCCC(=O)NC1CC=CCC1. The lowest BCUT2D eigenvalue weighted by Crippen LogP contribution is -2.35. The molecule has 3 nitrogen and oxygen atoms in total. The number of hydrogen-bond acceptors (Lipinski definition) is 2. The summed E-state index contributed by atoms with van der Waals surface area (Å²) in [7, 11) is 0. The molecule has 3 heteroatoms. The first-order valence-corrected chi connectivity index (χ1v) is 4.97. The van der Waals surface area contributed by atoms with Crippen molar-refractivity contribution in [1.29, 1.82) is 0 Å². The van der Waals surface area contributed by atoms with Crippen molar-refractivity contribution in [3.8, 4) is 0 Å². The fourth-order valence-electron chi connectivity index (χ4n) is 1.49. The summed E-state index contributed by atoms with van der Waals surface area (Å²) in [5, 5.41) is 3.01. The molecule has 1 aliphatic carbocycles. The number of allylic oxidation sites excluding steroid dienone is 1. The molecule has 0 aromatic rings. The first kappa shape index (κ1) is 10.3. The molecule has 0 radical (unpaired) electrons. The molecule has 1 atom stereocenters. The lowest BCUT2D eigenvalue weighted by molar-refractivity contribution is -0.121. The van der Waals surface area contributed by atoms with Crippen LogP contribution in [0.4, 0.5) is 0 Å².